The summed E-state index contributed by atoms with van der Waals surface area (Å²) in [6.07, 6.45) is 3.51. The highest BCUT2D eigenvalue weighted by molar-refractivity contribution is 7.51. The molecule has 0 heterocycles. The van der Waals surface area contributed by atoms with Gasteiger partial charge in [-0.15, -0.1) is 0 Å². The molecule has 0 aliphatic carbocycles. The Kier molecular flexibility index (Phi) is 8.55. The van der Waals surface area contributed by atoms with E-state index in [2.05, 4.69) is 0 Å². The van der Waals surface area contributed by atoms with Crippen LogP contribution < -0.4 is 0 Å². The minimum Gasteiger partial charge on any atom is -0.465 e. The molecule has 19 heavy (non-hydrogen) atoms. The summed E-state index contributed by atoms with van der Waals surface area (Å²) < 4.78 is 16.3. The maximum atomic E-state index is 12.2. The molecule has 0 rings (SSSR count). The molecule has 5 nitrogen and oxygen atoms in total. The van der Waals surface area contributed by atoms with E-state index >= 15 is 0 Å². The molecule has 0 aliphatic rings. The van der Waals surface area contributed by atoms with E-state index in [4.69, 9.17) is 14.5 Å². The molecule has 0 spiro atoms. The van der Waals surface area contributed by atoms with Gasteiger partial charge in [0, 0.05) is 0 Å². The summed E-state index contributed by atoms with van der Waals surface area (Å²) in [6.45, 7) is 6.22. The van der Waals surface area contributed by atoms with Gasteiger partial charge in [-0.25, -0.2) is 0 Å². The van der Waals surface area contributed by atoms with Gasteiger partial charge in [0.05, 0.1) is 18.2 Å². The minimum atomic E-state index is -4.08. The van der Waals surface area contributed by atoms with Crippen LogP contribution in [0.3, 0.4) is 0 Å². The molecule has 0 bridgehead atoms. The Bertz CT molecular complexity index is 304. The predicted molar refractivity (Wildman–Crippen MR) is 75.0 cm³/mol. The number of rotatable bonds is 10. The quantitative estimate of drug-likeness (QED) is 0.478. The number of carbonyl (C=O) groups is 1. The maximum Gasteiger partial charge on any atom is 0.325 e. The van der Waals surface area contributed by atoms with E-state index in [1.165, 1.54) is 0 Å². The monoisotopic (exact) mass is 294 g/mol. The largest absolute Gasteiger partial charge is 0.465 e. The van der Waals surface area contributed by atoms with Crippen molar-refractivity contribution >= 4 is 13.6 Å². The van der Waals surface area contributed by atoms with Crippen LogP contribution in [0.25, 0.3) is 0 Å². The molecular weight excluding hydrogens is 267 g/mol. The fourth-order valence-electron chi connectivity index (χ4n) is 2.35. The molecule has 114 valence electrons. The van der Waals surface area contributed by atoms with Gasteiger partial charge < -0.3 is 14.5 Å². The van der Waals surface area contributed by atoms with E-state index in [9.17, 15) is 9.36 Å². The second kappa shape index (κ2) is 8.72. The van der Waals surface area contributed by atoms with Gasteiger partial charge in [-0.3, -0.25) is 9.36 Å². The highest BCUT2D eigenvalue weighted by Gasteiger charge is 2.39. The van der Waals surface area contributed by atoms with Crippen LogP contribution in [0.5, 0.6) is 0 Å². The fraction of sp³-hybridized carbons (Fsp3) is 0.923. The predicted octanol–water partition coefficient (Wildman–Crippen LogP) is 3.09. The summed E-state index contributed by atoms with van der Waals surface area (Å²) in [6, 6.07) is 0. The molecule has 0 aliphatic heterocycles. The van der Waals surface area contributed by atoms with Crippen molar-refractivity contribution in [3.63, 3.8) is 0 Å². The van der Waals surface area contributed by atoms with Crippen molar-refractivity contribution in [2.45, 2.75) is 59.3 Å². The zero-order chi connectivity index (χ0) is 14.9. The molecule has 0 fully saturated rings. The molecule has 0 radical (unpaired) electrons. The first-order valence-corrected chi connectivity index (χ1v) is 8.83. The Morgan fingerprint density at radius 3 is 1.95 bits per heavy atom. The van der Waals surface area contributed by atoms with E-state index in [-0.39, 0.29) is 18.6 Å². The molecule has 0 saturated carbocycles. The summed E-state index contributed by atoms with van der Waals surface area (Å²) in [5.41, 5.74) is -0.736. The third-order valence-electron chi connectivity index (χ3n) is 3.21. The SMILES string of the molecule is CCCOC(=O)C(CCC)(CCC)CCP(=O)(O)O. The molecular formula is C13H27O5P. The summed E-state index contributed by atoms with van der Waals surface area (Å²) in [5, 5.41) is 0. The zero-order valence-electron chi connectivity index (χ0n) is 12.2. The van der Waals surface area contributed by atoms with Gasteiger partial charge in [-0.1, -0.05) is 33.6 Å². The van der Waals surface area contributed by atoms with E-state index in [0.29, 0.717) is 19.4 Å². The minimum absolute atomic E-state index is 0.196. The zero-order valence-corrected chi connectivity index (χ0v) is 13.1. The lowest BCUT2D eigenvalue weighted by Gasteiger charge is -2.31. The average Bonchev–Trinajstić information content (AvgIpc) is 2.32. The number of esters is 1. The van der Waals surface area contributed by atoms with Crippen LogP contribution in [0.1, 0.15) is 59.3 Å². The van der Waals surface area contributed by atoms with Crippen LogP contribution in [0.15, 0.2) is 0 Å². The summed E-state index contributed by atoms with van der Waals surface area (Å²) >= 11 is 0. The third kappa shape index (κ3) is 7.09. The first-order chi connectivity index (χ1) is 8.81. The number of carbonyl (C=O) groups excluding carboxylic acids is 1. The molecule has 2 N–H and O–H groups in total. The molecule has 0 aromatic heterocycles. The number of hydrogen-bond acceptors (Lipinski definition) is 3. The van der Waals surface area contributed by atoms with Crippen LogP contribution in [-0.4, -0.2) is 28.5 Å². The standard InChI is InChI=1S/C13H27O5P/c1-4-7-13(8-5-2,9-11-19(15,16)17)12(14)18-10-6-3/h4-11H2,1-3H3,(H2,15,16,17). The van der Waals surface area contributed by atoms with Gasteiger partial charge in [0.25, 0.3) is 0 Å². The first-order valence-electron chi connectivity index (χ1n) is 7.03. The van der Waals surface area contributed by atoms with E-state index in [1.54, 1.807) is 0 Å². The van der Waals surface area contributed by atoms with Crippen molar-refractivity contribution < 1.29 is 23.9 Å². The Labute approximate surface area is 115 Å². The Morgan fingerprint density at radius 2 is 1.58 bits per heavy atom. The summed E-state index contributed by atoms with van der Waals surface area (Å²) in [4.78, 5) is 30.3. The fourth-order valence-corrected chi connectivity index (χ4v) is 3.07. The highest BCUT2D eigenvalue weighted by Crippen LogP contribution is 2.43. The van der Waals surface area contributed by atoms with Crippen LogP contribution in [-0.2, 0) is 14.1 Å². The van der Waals surface area contributed by atoms with Crippen molar-refractivity contribution in [1.82, 2.24) is 0 Å². The Balaban J connectivity index is 4.94. The molecule has 0 unspecified atom stereocenters. The maximum absolute atomic E-state index is 12.2. The molecule has 0 aromatic carbocycles. The first kappa shape index (κ1) is 18.6. The van der Waals surface area contributed by atoms with Crippen molar-refractivity contribution in [3.8, 4) is 0 Å². The second-order valence-corrected chi connectivity index (χ2v) is 6.83. The van der Waals surface area contributed by atoms with Gasteiger partial charge in [0.2, 0.25) is 0 Å². The van der Waals surface area contributed by atoms with E-state index in [0.717, 1.165) is 19.3 Å². The topological polar surface area (TPSA) is 83.8 Å². The lowest BCUT2D eigenvalue weighted by atomic mass is 9.77. The van der Waals surface area contributed by atoms with Crippen molar-refractivity contribution in [3.05, 3.63) is 0 Å². The summed E-state index contributed by atoms with van der Waals surface area (Å²) in [5.74, 6) is -0.300. The van der Waals surface area contributed by atoms with Crippen LogP contribution >= 0.6 is 7.60 Å². The third-order valence-corrected chi connectivity index (χ3v) is 4.02. The van der Waals surface area contributed by atoms with Crippen LogP contribution in [0.2, 0.25) is 0 Å². The normalized spacial score (nSPS) is 12.5. The van der Waals surface area contributed by atoms with Gasteiger partial charge in [0.15, 0.2) is 0 Å². The Morgan fingerprint density at radius 1 is 1.05 bits per heavy atom. The Hall–Kier alpha value is -0.380. The van der Waals surface area contributed by atoms with Crippen LogP contribution in [0.4, 0.5) is 0 Å². The molecule has 0 aromatic rings. The summed E-state index contributed by atoms with van der Waals surface area (Å²) in [7, 11) is -4.08. The number of ether oxygens (including phenoxy) is 1. The van der Waals surface area contributed by atoms with Crippen LogP contribution in [0, 0.1) is 5.41 Å². The smallest absolute Gasteiger partial charge is 0.325 e. The highest BCUT2D eigenvalue weighted by atomic mass is 31.2. The van der Waals surface area contributed by atoms with E-state index < -0.39 is 13.0 Å². The molecule has 6 heteroatoms. The second-order valence-electron chi connectivity index (χ2n) is 5.05. The van der Waals surface area contributed by atoms with Gasteiger partial charge in [-0.2, -0.15) is 0 Å². The van der Waals surface area contributed by atoms with Crippen molar-refractivity contribution in [1.29, 1.82) is 0 Å². The lowest BCUT2D eigenvalue weighted by Crippen LogP contribution is -2.34. The molecule has 0 atom stereocenters. The van der Waals surface area contributed by atoms with Crippen molar-refractivity contribution in [2.24, 2.45) is 5.41 Å². The number of hydrogen-bond donors (Lipinski definition) is 2. The molecule has 0 amide bonds. The lowest BCUT2D eigenvalue weighted by molar-refractivity contribution is -0.157. The van der Waals surface area contributed by atoms with E-state index in [1.807, 2.05) is 20.8 Å². The van der Waals surface area contributed by atoms with Gasteiger partial charge in [-0.05, 0) is 25.7 Å². The molecule has 0 saturated heterocycles. The average molecular weight is 294 g/mol. The van der Waals surface area contributed by atoms with Crippen molar-refractivity contribution in [2.75, 3.05) is 12.8 Å². The van der Waals surface area contributed by atoms with Gasteiger partial charge in [0.1, 0.15) is 0 Å². The van der Waals surface area contributed by atoms with Gasteiger partial charge >= 0.3 is 13.6 Å².